The van der Waals surface area contributed by atoms with Gasteiger partial charge in [-0.2, -0.15) is 0 Å². The Morgan fingerprint density at radius 1 is 1.42 bits per heavy atom. The van der Waals surface area contributed by atoms with Crippen LogP contribution in [0.1, 0.15) is 18.1 Å². The lowest BCUT2D eigenvalue weighted by Gasteiger charge is -2.11. The molecular formula is C14H19NO4. The van der Waals surface area contributed by atoms with Gasteiger partial charge in [-0.05, 0) is 37.0 Å². The molecule has 0 heterocycles. The van der Waals surface area contributed by atoms with Gasteiger partial charge >= 0.3 is 5.97 Å². The van der Waals surface area contributed by atoms with Crippen LogP contribution >= 0.6 is 0 Å². The third kappa shape index (κ3) is 3.17. The number of carbonyl (C=O) groups excluding carboxylic acids is 1. The summed E-state index contributed by atoms with van der Waals surface area (Å²) < 4.78 is 15.6. The highest BCUT2D eigenvalue weighted by Crippen LogP contribution is 2.34. The molecule has 1 aromatic rings. The van der Waals surface area contributed by atoms with Crippen LogP contribution in [-0.4, -0.2) is 32.3 Å². The van der Waals surface area contributed by atoms with E-state index in [1.165, 1.54) is 0 Å². The largest absolute Gasteiger partial charge is 0.496 e. The smallest absolute Gasteiger partial charge is 0.344 e. The number of hydrogen-bond acceptors (Lipinski definition) is 5. The Hall–Kier alpha value is -1.75. The summed E-state index contributed by atoms with van der Waals surface area (Å²) >= 11 is 0. The third-order valence-corrected chi connectivity index (χ3v) is 3.11. The van der Waals surface area contributed by atoms with E-state index in [1.807, 2.05) is 6.07 Å². The second kappa shape index (κ2) is 5.93. The van der Waals surface area contributed by atoms with Crippen LogP contribution in [0.25, 0.3) is 0 Å². The first-order chi connectivity index (χ1) is 9.13. The first kappa shape index (κ1) is 13.7. The molecule has 1 unspecified atom stereocenters. The Labute approximate surface area is 112 Å². The van der Waals surface area contributed by atoms with Crippen molar-refractivity contribution >= 4 is 5.97 Å². The molecule has 0 saturated heterocycles. The predicted octanol–water partition coefficient (Wildman–Crippen LogP) is 1.06. The minimum atomic E-state index is -0.376. The van der Waals surface area contributed by atoms with E-state index in [2.05, 4.69) is 0 Å². The lowest BCUT2D eigenvalue weighted by Crippen LogP contribution is -2.19. The first-order valence-electron chi connectivity index (χ1n) is 6.37. The van der Waals surface area contributed by atoms with E-state index in [4.69, 9.17) is 19.9 Å². The third-order valence-electron chi connectivity index (χ3n) is 3.11. The van der Waals surface area contributed by atoms with Crippen LogP contribution in [0.5, 0.6) is 11.5 Å². The van der Waals surface area contributed by atoms with Crippen LogP contribution in [0.15, 0.2) is 12.1 Å². The number of ether oxygens (including phenoxy) is 3. The molecule has 0 radical (unpaired) electrons. The lowest BCUT2D eigenvalue weighted by atomic mass is 10.1. The number of rotatable bonds is 5. The van der Waals surface area contributed by atoms with E-state index in [0.29, 0.717) is 12.4 Å². The first-order valence-corrected chi connectivity index (χ1v) is 6.37. The Morgan fingerprint density at radius 3 is 2.89 bits per heavy atom. The maximum absolute atomic E-state index is 11.3. The number of esters is 1. The highest BCUT2D eigenvalue weighted by molar-refractivity contribution is 5.71. The van der Waals surface area contributed by atoms with Crippen molar-refractivity contribution in [2.24, 2.45) is 5.73 Å². The van der Waals surface area contributed by atoms with Gasteiger partial charge < -0.3 is 19.9 Å². The molecule has 5 nitrogen and oxygen atoms in total. The maximum Gasteiger partial charge on any atom is 0.344 e. The molecule has 1 atom stereocenters. The van der Waals surface area contributed by atoms with Crippen molar-refractivity contribution < 1.29 is 19.0 Å². The van der Waals surface area contributed by atoms with E-state index >= 15 is 0 Å². The highest BCUT2D eigenvalue weighted by Gasteiger charge is 2.23. The molecule has 104 valence electrons. The quantitative estimate of drug-likeness (QED) is 0.806. The van der Waals surface area contributed by atoms with Crippen LogP contribution in [0, 0.1) is 0 Å². The zero-order chi connectivity index (χ0) is 13.8. The van der Waals surface area contributed by atoms with Crippen LogP contribution < -0.4 is 15.2 Å². The average molecular weight is 265 g/mol. The van der Waals surface area contributed by atoms with Crippen LogP contribution in [0.4, 0.5) is 0 Å². The predicted molar refractivity (Wildman–Crippen MR) is 70.5 cm³/mol. The van der Waals surface area contributed by atoms with Gasteiger partial charge in [0.15, 0.2) is 6.61 Å². The summed E-state index contributed by atoms with van der Waals surface area (Å²) in [4.78, 5) is 11.3. The normalized spacial score (nSPS) is 16.9. The molecule has 2 N–H and O–H groups in total. The molecule has 5 heteroatoms. The average Bonchev–Trinajstić information content (AvgIpc) is 2.76. The SMILES string of the molecule is CCOC(=O)COc1cc2c(c(OC)c1)CC(N)C2. The summed E-state index contributed by atoms with van der Waals surface area (Å²) in [6, 6.07) is 3.84. The molecule has 0 aromatic heterocycles. The number of fused-ring (bicyclic) bond motifs is 1. The van der Waals surface area contributed by atoms with E-state index < -0.39 is 0 Å². The van der Waals surface area contributed by atoms with E-state index in [1.54, 1.807) is 20.1 Å². The summed E-state index contributed by atoms with van der Waals surface area (Å²) in [6.07, 6.45) is 1.62. The van der Waals surface area contributed by atoms with Gasteiger partial charge in [-0.15, -0.1) is 0 Å². The van der Waals surface area contributed by atoms with Gasteiger partial charge in [0.25, 0.3) is 0 Å². The zero-order valence-electron chi connectivity index (χ0n) is 11.3. The molecule has 0 amide bonds. The minimum absolute atomic E-state index is 0.0954. The van der Waals surface area contributed by atoms with Gasteiger partial charge in [0.05, 0.1) is 13.7 Å². The summed E-state index contributed by atoms with van der Waals surface area (Å²) in [5.74, 6) is 1.00. The van der Waals surface area contributed by atoms with E-state index in [0.717, 1.165) is 29.7 Å². The van der Waals surface area contributed by atoms with Gasteiger partial charge in [0, 0.05) is 12.1 Å². The summed E-state index contributed by atoms with van der Waals surface area (Å²) in [6.45, 7) is 2.02. The molecule has 1 aliphatic rings. The van der Waals surface area contributed by atoms with Gasteiger partial charge in [0.1, 0.15) is 11.5 Å². The molecule has 1 aromatic carbocycles. The fourth-order valence-electron chi connectivity index (χ4n) is 2.32. The fraction of sp³-hybridized carbons (Fsp3) is 0.500. The zero-order valence-corrected chi connectivity index (χ0v) is 11.3. The van der Waals surface area contributed by atoms with Crippen molar-refractivity contribution in [1.29, 1.82) is 0 Å². The van der Waals surface area contributed by atoms with Gasteiger partial charge in [-0.25, -0.2) is 4.79 Å². The number of carbonyl (C=O) groups is 1. The maximum atomic E-state index is 11.3. The molecule has 0 bridgehead atoms. The van der Waals surface area contributed by atoms with Gasteiger partial charge in [-0.1, -0.05) is 0 Å². The fourth-order valence-corrected chi connectivity index (χ4v) is 2.32. The van der Waals surface area contributed by atoms with E-state index in [9.17, 15) is 4.79 Å². The Balaban J connectivity index is 2.10. The van der Waals surface area contributed by atoms with Crippen molar-refractivity contribution in [3.8, 4) is 11.5 Å². The van der Waals surface area contributed by atoms with Crippen LogP contribution in [0.2, 0.25) is 0 Å². The van der Waals surface area contributed by atoms with Gasteiger partial charge in [-0.3, -0.25) is 0 Å². The molecule has 2 rings (SSSR count). The number of methoxy groups -OCH3 is 1. The molecule has 1 aliphatic carbocycles. The topological polar surface area (TPSA) is 70.8 Å². The minimum Gasteiger partial charge on any atom is -0.496 e. The summed E-state index contributed by atoms with van der Waals surface area (Å²) in [5, 5.41) is 0. The van der Waals surface area contributed by atoms with Crippen molar-refractivity contribution in [3.63, 3.8) is 0 Å². The Kier molecular flexibility index (Phi) is 4.27. The molecule has 19 heavy (non-hydrogen) atoms. The molecule has 0 spiro atoms. The van der Waals surface area contributed by atoms with E-state index in [-0.39, 0.29) is 18.6 Å². The Morgan fingerprint density at radius 2 is 2.21 bits per heavy atom. The molecule has 0 aliphatic heterocycles. The summed E-state index contributed by atoms with van der Waals surface area (Å²) in [5.41, 5.74) is 8.22. The van der Waals surface area contributed by atoms with Crippen molar-refractivity contribution in [3.05, 3.63) is 23.3 Å². The molecule has 0 fully saturated rings. The molecule has 0 saturated carbocycles. The lowest BCUT2D eigenvalue weighted by molar-refractivity contribution is -0.145. The standard InChI is InChI=1S/C14H19NO4/c1-3-18-14(16)8-19-11-5-9-4-10(15)6-12(9)13(7-11)17-2/h5,7,10H,3-4,6,8,15H2,1-2H3. The Bertz CT molecular complexity index is 473. The van der Waals surface area contributed by atoms with Crippen molar-refractivity contribution in [1.82, 2.24) is 0 Å². The summed E-state index contributed by atoms with van der Waals surface area (Å²) in [7, 11) is 1.62. The molecular weight excluding hydrogens is 246 g/mol. The van der Waals surface area contributed by atoms with Crippen LogP contribution in [-0.2, 0) is 22.4 Å². The highest BCUT2D eigenvalue weighted by atomic mass is 16.6. The number of benzene rings is 1. The van der Waals surface area contributed by atoms with Crippen molar-refractivity contribution in [2.45, 2.75) is 25.8 Å². The monoisotopic (exact) mass is 265 g/mol. The van der Waals surface area contributed by atoms with Gasteiger partial charge in [0.2, 0.25) is 0 Å². The number of nitrogens with two attached hydrogens (primary N) is 1. The van der Waals surface area contributed by atoms with Crippen LogP contribution in [0.3, 0.4) is 0 Å². The number of hydrogen-bond donors (Lipinski definition) is 1. The second-order valence-electron chi connectivity index (χ2n) is 4.53. The second-order valence-corrected chi connectivity index (χ2v) is 4.53. The van der Waals surface area contributed by atoms with Crippen molar-refractivity contribution in [2.75, 3.05) is 20.3 Å².